The molecule has 20 heavy (non-hydrogen) atoms. The van der Waals surface area contributed by atoms with Crippen molar-refractivity contribution in [3.8, 4) is 0 Å². The summed E-state index contributed by atoms with van der Waals surface area (Å²) in [6.45, 7) is 8.60. The van der Waals surface area contributed by atoms with Gasteiger partial charge in [0.05, 0.1) is 19.1 Å². The second-order valence-electron chi connectivity index (χ2n) is 5.14. The molecule has 1 aliphatic rings. The van der Waals surface area contributed by atoms with Gasteiger partial charge in [-0.05, 0) is 30.4 Å². The van der Waals surface area contributed by atoms with Gasteiger partial charge in [0.15, 0.2) is 0 Å². The summed E-state index contributed by atoms with van der Waals surface area (Å²) >= 11 is 10.8. The third kappa shape index (κ3) is 3.50. The molecule has 1 aromatic carbocycles. The van der Waals surface area contributed by atoms with E-state index in [0.29, 0.717) is 11.8 Å². The molecule has 0 saturated carbocycles. The molecule has 0 aliphatic heterocycles. The van der Waals surface area contributed by atoms with Gasteiger partial charge < -0.3 is 45.9 Å². The first-order chi connectivity index (χ1) is 9.39. The maximum Gasteiger partial charge on any atom is 0.615 e. The van der Waals surface area contributed by atoms with Crippen LogP contribution in [0.1, 0.15) is 43.7 Å². The minimum atomic E-state index is -2.45. The molecule has 1 nitrogen and oxygen atoms in total. The Hall–Kier alpha value is 0.602. The molecule has 1 aliphatic carbocycles. The van der Waals surface area contributed by atoms with Gasteiger partial charge in [0, 0.05) is 11.5 Å². The van der Waals surface area contributed by atoms with Crippen LogP contribution in [0.25, 0.3) is 5.76 Å². The summed E-state index contributed by atoms with van der Waals surface area (Å²) in [7, 11) is -2.45. The number of halogens is 3. The Bertz CT molecular complexity index is 522. The van der Waals surface area contributed by atoms with Gasteiger partial charge in [-0.1, -0.05) is 31.2 Å². The maximum absolute atomic E-state index is 6.22. The Morgan fingerprint density at radius 1 is 1.20 bits per heavy atom. The zero-order valence-electron chi connectivity index (χ0n) is 11.7. The highest BCUT2D eigenvalue weighted by Crippen LogP contribution is 2.48. The molecule has 0 fully saturated rings. The molecule has 0 saturated heterocycles. The smallest absolute Gasteiger partial charge is 0.615 e. The van der Waals surface area contributed by atoms with Gasteiger partial charge in [0.25, 0.3) is 0 Å². The Kier molecular flexibility index (Phi) is 5.76. The molecule has 0 bridgehead atoms. The van der Waals surface area contributed by atoms with Gasteiger partial charge in [-0.3, -0.25) is 0 Å². The Balaban J connectivity index is 2.57. The average molecular weight is 481 g/mol. The lowest BCUT2D eigenvalue weighted by molar-refractivity contribution is 0.437. The van der Waals surface area contributed by atoms with Crippen molar-refractivity contribution in [2.24, 2.45) is 5.92 Å². The zero-order valence-corrected chi connectivity index (χ0v) is 17.6. The second-order valence-corrected chi connectivity index (χ2v) is 29.1. The lowest BCUT2D eigenvalue weighted by Gasteiger charge is -2.38. The van der Waals surface area contributed by atoms with Crippen LogP contribution in [-0.4, -0.2) is 7.93 Å². The molecule has 2 unspecified atom stereocenters. The predicted molar refractivity (Wildman–Crippen MR) is 99.2 cm³/mol. The van der Waals surface area contributed by atoms with E-state index in [1.807, 2.05) is 0 Å². The van der Waals surface area contributed by atoms with Gasteiger partial charge in [0.2, 0.25) is 0 Å². The predicted octanol–water partition coefficient (Wildman–Crippen LogP) is 6.40. The normalized spacial score (nSPS) is 22.6. The summed E-state index contributed by atoms with van der Waals surface area (Å²) in [5.41, 5.74) is 3.92. The molecule has 2 atom stereocenters. The van der Waals surface area contributed by atoms with Crippen molar-refractivity contribution in [3.63, 3.8) is 0 Å². The van der Waals surface area contributed by atoms with Crippen LogP contribution < -0.4 is 0 Å². The van der Waals surface area contributed by atoms with Crippen LogP contribution in [0.5, 0.6) is 0 Å². The van der Waals surface area contributed by atoms with Gasteiger partial charge in [-0.15, -0.1) is 0 Å². The number of benzene rings is 1. The summed E-state index contributed by atoms with van der Waals surface area (Å²) in [5.74, 6) is 2.02. The molecule has 0 spiro atoms. The second kappa shape index (κ2) is 6.79. The molecule has 108 valence electrons. The fourth-order valence-corrected chi connectivity index (χ4v) is 5.43. The van der Waals surface area contributed by atoms with E-state index >= 15 is 0 Å². The molecule has 0 amide bonds. The van der Waals surface area contributed by atoms with Crippen molar-refractivity contribution in [3.05, 3.63) is 47.9 Å². The maximum atomic E-state index is 6.22. The minimum Gasteiger partial charge on any atom is -0.774 e. The largest absolute Gasteiger partial charge is 0.774 e. The monoisotopic (exact) mass is 478 g/mol. The van der Waals surface area contributed by atoms with E-state index < -0.39 is 7.93 Å². The van der Waals surface area contributed by atoms with Crippen LogP contribution in [0, 0.1) is 12.8 Å². The Morgan fingerprint density at radius 3 is 2.40 bits per heavy atom. The molecular weight excluding hydrogens is 463 g/mol. The van der Waals surface area contributed by atoms with Crippen LogP contribution in [0.15, 0.2) is 29.8 Å². The fraction of sp³-hybridized carbons (Fsp3) is 0.400. The highest BCUT2D eigenvalue weighted by atomic mass is 80.0. The lowest BCUT2D eigenvalue weighted by atomic mass is 9.72. The minimum absolute atomic E-state index is 0.490. The van der Waals surface area contributed by atoms with E-state index in [4.69, 9.17) is 3.79 Å². The summed E-state index contributed by atoms with van der Waals surface area (Å²) in [4.78, 5) is 0. The van der Waals surface area contributed by atoms with Crippen LogP contribution >= 0.6 is 42.2 Å². The number of hydrogen-bond donors (Lipinski definition) is 0. The molecule has 1 aromatic rings. The van der Waals surface area contributed by atoms with Crippen molar-refractivity contribution in [2.45, 2.75) is 32.6 Å². The van der Waals surface area contributed by atoms with Crippen molar-refractivity contribution < 1.29 is 3.79 Å². The molecule has 0 heterocycles. The van der Waals surface area contributed by atoms with Crippen LogP contribution in [0.3, 0.4) is 0 Å². The highest BCUT2D eigenvalue weighted by molar-refractivity contribution is 9.71. The third-order valence-corrected chi connectivity index (χ3v) is 6.19. The Morgan fingerprint density at radius 2 is 1.85 bits per heavy atom. The van der Waals surface area contributed by atoms with Crippen molar-refractivity contribution in [1.82, 2.24) is 0 Å². The first-order valence-corrected chi connectivity index (χ1v) is 16.9. The van der Waals surface area contributed by atoms with Crippen LogP contribution in [0.2, 0.25) is 0 Å². The summed E-state index contributed by atoms with van der Waals surface area (Å²) in [5, 5.41) is 0. The third-order valence-electron chi connectivity index (χ3n) is 4.01. The number of hydrogen-bond acceptors (Lipinski definition) is 1. The van der Waals surface area contributed by atoms with Crippen LogP contribution in [0.4, 0.5) is 0 Å². The lowest BCUT2D eigenvalue weighted by Crippen LogP contribution is -2.24. The summed E-state index contributed by atoms with van der Waals surface area (Å²) in [6, 6.07) is 8.55. The van der Waals surface area contributed by atoms with Gasteiger partial charge in [0.1, 0.15) is 0 Å². The van der Waals surface area contributed by atoms with E-state index in [0.717, 1.165) is 18.6 Å². The van der Waals surface area contributed by atoms with E-state index in [9.17, 15) is 0 Å². The van der Waals surface area contributed by atoms with Crippen molar-refractivity contribution >= 4 is 55.8 Å². The van der Waals surface area contributed by atoms with E-state index in [1.165, 1.54) is 16.7 Å². The van der Waals surface area contributed by atoms with E-state index in [1.54, 1.807) is 0 Å². The molecule has 2 rings (SSSR count). The van der Waals surface area contributed by atoms with Crippen LogP contribution in [-0.2, 0) is 3.79 Å². The Labute approximate surface area is 145 Å². The molecule has 5 heteroatoms. The number of rotatable bonds is 4. The topological polar surface area (TPSA) is 9.23 Å². The SMILES string of the molecule is [CH2+]CC1c2ccccc2C([O][Al-]([Br])([Br])[Br])=C(C)C1CC. The average Bonchev–Trinajstić information content (AvgIpc) is 2.40. The summed E-state index contributed by atoms with van der Waals surface area (Å²) < 4.78 is 6.22. The van der Waals surface area contributed by atoms with Gasteiger partial charge >= 0.3 is 7.93 Å². The zero-order chi connectivity index (χ0) is 14.9. The first-order valence-electron chi connectivity index (χ1n) is 6.86. The molecule has 0 aromatic heterocycles. The number of fused-ring (bicyclic) bond motifs is 1. The van der Waals surface area contributed by atoms with Crippen molar-refractivity contribution in [1.29, 1.82) is 0 Å². The fourth-order valence-electron chi connectivity index (χ4n) is 3.16. The summed E-state index contributed by atoms with van der Waals surface area (Å²) in [6.07, 6.45) is 2.03. The van der Waals surface area contributed by atoms with Crippen molar-refractivity contribution in [2.75, 3.05) is 0 Å². The van der Waals surface area contributed by atoms with Gasteiger partial charge in [-0.2, -0.15) is 0 Å². The number of allylic oxidation sites excluding steroid dienone is 1. The quantitative estimate of drug-likeness (QED) is 0.358. The van der Waals surface area contributed by atoms with E-state index in [-0.39, 0.29) is 0 Å². The molecular formula is C15H18AlBr3O. The van der Waals surface area contributed by atoms with E-state index in [2.05, 4.69) is 87.2 Å². The first kappa shape index (κ1) is 17.0. The molecule has 0 radical (unpaired) electrons. The van der Waals surface area contributed by atoms with Gasteiger partial charge in [-0.25, -0.2) is 0 Å². The highest BCUT2D eigenvalue weighted by Gasteiger charge is 2.35. The standard InChI is InChI=1S/C15H18O.Al.3BrH/c1-4-11-10(3)15(16)14-9-7-6-8-13(14)12(11)5-2;;;;/h6-9,11-12H,2,4-5H2,1,3H3;;3*1H/q;+3;;;/p-3. The molecule has 0 N–H and O–H groups in total.